The number of nitrogens with two attached hydrogens (primary N) is 1. The van der Waals surface area contributed by atoms with E-state index in [1.807, 2.05) is 0 Å². The lowest BCUT2D eigenvalue weighted by molar-refractivity contribution is -0.117. The molecule has 3 N–H and O–H groups in total. The van der Waals surface area contributed by atoms with Crippen molar-refractivity contribution in [2.24, 2.45) is 12.8 Å². The third-order valence-electron chi connectivity index (χ3n) is 2.71. The Morgan fingerprint density at radius 3 is 2.57 bits per heavy atom. The Bertz CT molecular complexity index is 615. The zero-order chi connectivity index (χ0) is 15.4. The number of benzene rings is 1. The second-order valence-electron chi connectivity index (χ2n) is 4.32. The van der Waals surface area contributed by atoms with Crippen LogP contribution >= 0.6 is 11.8 Å². The highest BCUT2D eigenvalue weighted by Crippen LogP contribution is 2.26. The third kappa shape index (κ3) is 4.27. The van der Waals surface area contributed by atoms with Crippen LogP contribution in [0.15, 0.2) is 41.6 Å². The molecule has 2 rings (SSSR count). The summed E-state index contributed by atoms with van der Waals surface area (Å²) in [5, 5.41) is 6.58. The zero-order valence-electron chi connectivity index (χ0n) is 11.2. The molecule has 2 aromatic rings. The predicted octanol–water partition coefficient (Wildman–Crippen LogP) is 2.37. The largest absolute Gasteiger partial charge is 0.324 e. The Hall–Kier alpha value is -1.93. The Morgan fingerprint density at radius 1 is 1.38 bits per heavy atom. The van der Waals surface area contributed by atoms with Crippen molar-refractivity contribution in [2.45, 2.75) is 16.7 Å². The van der Waals surface area contributed by atoms with Gasteiger partial charge in [-0.15, -0.1) is 0 Å². The van der Waals surface area contributed by atoms with E-state index in [9.17, 15) is 13.6 Å². The molecule has 8 heteroatoms. The van der Waals surface area contributed by atoms with Gasteiger partial charge in [-0.2, -0.15) is 13.9 Å². The van der Waals surface area contributed by atoms with Gasteiger partial charge in [-0.1, -0.05) is 11.8 Å². The lowest BCUT2D eigenvalue weighted by atomic mass is 10.1. The summed E-state index contributed by atoms with van der Waals surface area (Å²) in [5.41, 5.74) is 6.92. The minimum atomic E-state index is -2.47. The molecule has 0 bridgehead atoms. The van der Waals surface area contributed by atoms with Crippen LogP contribution in [0.1, 0.15) is 11.6 Å². The molecule has 1 amide bonds. The molecule has 0 fully saturated rings. The number of amides is 1. The summed E-state index contributed by atoms with van der Waals surface area (Å²) < 4.78 is 25.9. The van der Waals surface area contributed by atoms with Crippen molar-refractivity contribution in [3.63, 3.8) is 0 Å². The molecule has 0 radical (unpaired) electrons. The molecule has 0 saturated heterocycles. The molecule has 112 valence electrons. The molecular formula is C13H14F2N4OS. The number of anilines is 1. The average molecular weight is 312 g/mol. The third-order valence-corrected chi connectivity index (χ3v) is 3.44. The number of thioether (sulfide) groups is 1. The molecule has 0 aliphatic heterocycles. The van der Waals surface area contributed by atoms with E-state index in [2.05, 4.69) is 10.4 Å². The van der Waals surface area contributed by atoms with Crippen LogP contribution in [0, 0.1) is 0 Å². The number of hydrogen-bond acceptors (Lipinski definition) is 4. The van der Waals surface area contributed by atoms with Gasteiger partial charge in [0.05, 0.1) is 6.20 Å². The van der Waals surface area contributed by atoms with Gasteiger partial charge in [0.2, 0.25) is 5.91 Å². The van der Waals surface area contributed by atoms with Gasteiger partial charge >= 0.3 is 0 Å². The second-order valence-corrected chi connectivity index (χ2v) is 5.38. The molecule has 5 nitrogen and oxygen atoms in total. The van der Waals surface area contributed by atoms with Crippen LogP contribution in [-0.2, 0) is 11.8 Å². The van der Waals surface area contributed by atoms with Gasteiger partial charge in [-0.05, 0) is 24.3 Å². The minimum absolute atomic E-state index is 0.391. The van der Waals surface area contributed by atoms with Crippen LogP contribution in [0.4, 0.5) is 14.5 Å². The van der Waals surface area contributed by atoms with Crippen LogP contribution in [0.25, 0.3) is 0 Å². The van der Waals surface area contributed by atoms with E-state index < -0.39 is 17.7 Å². The quantitative estimate of drug-likeness (QED) is 0.831. The van der Waals surface area contributed by atoms with Crippen LogP contribution in [0.5, 0.6) is 0 Å². The van der Waals surface area contributed by atoms with Gasteiger partial charge in [0, 0.05) is 29.4 Å². The first-order chi connectivity index (χ1) is 9.95. The van der Waals surface area contributed by atoms with E-state index in [1.54, 1.807) is 30.1 Å². The van der Waals surface area contributed by atoms with E-state index in [0.29, 0.717) is 27.9 Å². The fourth-order valence-corrected chi connectivity index (χ4v) is 2.19. The average Bonchev–Trinajstić information content (AvgIpc) is 2.86. The highest BCUT2D eigenvalue weighted by Gasteiger charge is 2.17. The molecule has 21 heavy (non-hydrogen) atoms. The Balaban J connectivity index is 1.99. The number of nitrogens with one attached hydrogen (secondary N) is 1. The fourth-order valence-electron chi connectivity index (χ4n) is 1.69. The minimum Gasteiger partial charge on any atom is -0.324 e. The lowest BCUT2D eigenvalue weighted by Gasteiger charge is -2.11. The standard InChI is InChI=1S/C13H14F2N4OS/c1-19-7-8(6-17-19)11(16)12(20)18-9-2-4-10(5-3-9)21-13(14)15/h2-7,11,13H,16H2,1H3,(H,18,20). The van der Waals surface area contributed by atoms with E-state index in [-0.39, 0.29) is 0 Å². The highest BCUT2D eigenvalue weighted by molar-refractivity contribution is 7.99. The summed E-state index contributed by atoms with van der Waals surface area (Å²) >= 11 is 0.450. The van der Waals surface area contributed by atoms with Crippen molar-refractivity contribution in [2.75, 3.05) is 5.32 Å². The molecule has 1 heterocycles. The van der Waals surface area contributed by atoms with Gasteiger partial charge in [0.15, 0.2) is 0 Å². The normalized spacial score (nSPS) is 12.4. The molecular weight excluding hydrogens is 298 g/mol. The summed E-state index contributed by atoms with van der Waals surface area (Å²) in [7, 11) is 1.73. The summed E-state index contributed by atoms with van der Waals surface area (Å²) in [6, 6.07) is 5.30. The first-order valence-electron chi connectivity index (χ1n) is 6.05. The Kier molecular flexibility index (Phi) is 4.92. The number of carbonyl (C=O) groups excluding carboxylic acids is 1. The van der Waals surface area contributed by atoms with Gasteiger partial charge in [-0.25, -0.2) is 0 Å². The number of aromatic nitrogens is 2. The smallest absolute Gasteiger partial charge is 0.288 e. The highest BCUT2D eigenvalue weighted by atomic mass is 32.2. The van der Waals surface area contributed by atoms with Crippen molar-refractivity contribution >= 4 is 23.4 Å². The topological polar surface area (TPSA) is 72.9 Å². The van der Waals surface area contributed by atoms with Crippen molar-refractivity contribution < 1.29 is 13.6 Å². The molecule has 1 atom stereocenters. The SMILES string of the molecule is Cn1cc(C(N)C(=O)Nc2ccc(SC(F)F)cc2)cn1. The molecule has 1 aromatic heterocycles. The van der Waals surface area contributed by atoms with Crippen molar-refractivity contribution in [3.05, 3.63) is 42.2 Å². The summed E-state index contributed by atoms with van der Waals surface area (Å²) in [6.07, 6.45) is 3.18. The predicted molar refractivity (Wildman–Crippen MR) is 77.1 cm³/mol. The summed E-state index contributed by atoms with van der Waals surface area (Å²) in [4.78, 5) is 12.4. The number of aryl methyl sites for hydroxylation is 1. The maximum absolute atomic E-state index is 12.2. The number of hydrogen-bond donors (Lipinski definition) is 2. The lowest BCUT2D eigenvalue weighted by Crippen LogP contribution is -2.27. The Labute approximate surface area is 124 Å². The van der Waals surface area contributed by atoms with Crippen LogP contribution in [0.2, 0.25) is 0 Å². The van der Waals surface area contributed by atoms with E-state index in [1.165, 1.54) is 18.3 Å². The van der Waals surface area contributed by atoms with E-state index >= 15 is 0 Å². The monoisotopic (exact) mass is 312 g/mol. The molecule has 0 saturated carbocycles. The molecule has 0 aliphatic carbocycles. The molecule has 1 aromatic carbocycles. The molecule has 1 unspecified atom stereocenters. The van der Waals surface area contributed by atoms with E-state index in [0.717, 1.165) is 0 Å². The number of alkyl halides is 2. The maximum Gasteiger partial charge on any atom is 0.288 e. The first kappa shape index (κ1) is 15.5. The van der Waals surface area contributed by atoms with Crippen molar-refractivity contribution in [1.29, 1.82) is 0 Å². The van der Waals surface area contributed by atoms with Gasteiger partial charge in [0.25, 0.3) is 5.76 Å². The summed E-state index contributed by atoms with van der Waals surface area (Å²) in [6.45, 7) is 0. The van der Waals surface area contributed by atoms with Crippen LogP contribution in [-0.4, -0.2) is 21.4 Å². The van der Waals surface area contributed by atoms with E-state index in [4.69, 9.17) is 5.73 Å². The number of nitrogens with zero attached hydrogens (tertiary/aromatic N) is 2. The van der Waals surface area contributed by atoms with Gasteiger partial charge in [0.1, 0.15) is 6.04 Å². The molecule has 0 aliphatic rings. The maximum atomic E-state index is 12.2. The second kappa shape index (κ2) is 6.68. The van der Waals surface area contributed by atoms with Crippen molar-refractivity contribution in [1.82, 2.24) is 9.78 Å². The number of halogens is 2. The zero-order valence-corrected chi connectivity index (χ0v) is 12.0. The van der Waals surface area contributed by atoms with Crippen LogP contribution in [0.3, 0.4) is 0 Å². The number of carbonyl (C=O) groups is 1. The van der Waals surface area contributed by atoms with Crippen LogP contribution < -0.4 is 11.1 Å². The van der Waals surface area contributed by atoms with Crippen molar-refractivity contribution in [3.8, 4) is 0 Å². The Morgan fingerprint density at radius 2 is 2.05 bits per heavy atom. The van der Waals surface area contributed by atoms with Gasteiger partial charge < -0.3 is 11.1 Å². The fraction of sp³-hybridized carbons (Fsp3) is 0.231. The van der Waals surface area contributed by atoms with Gasteiger partial charge in [-0.3, -0.25) is 9.48 Å². The number of rotatable bonds is 5. The summed E-state index contributed by atoms with van der Waals surface area (Å²) in [5.74, 6) is -2.86. The first-order valence-corrected chi connectivity index (χ1v) is 6.93. The molecule has 0 spiro atoms.